The Morgan fingerprint density at radius 2 is 1.39 bits per heavy atom. The average molecular weight is 435 g/mol. The normalized spacial score (nSPS) is 27.8. The van der Waals surface area contributed by atoms with Gasteiger partial charge in [0, 0.05) is 0 Å². The van der Waals surface area contributed by atoms with Crippen LogP contribution in [0, 0.1) is 29.4 Å². The van der Waals surface area contributed by atoms with Crippen LogP contribution >= 0.6 is 0 Å². The maximum Gasteiger partial charge on any atom is 0.191 e. The van der Waals surface area contributed by atoms with Crippen molar-refractivity contribution >= 4 is 0 Å². The molecule has 2 aliphatic carbocycles. The molecule has 1 aromatic carbocycles. The molecule has 2 saturated carbocycles. The van der Waals surface area contributed by atoms with Gasteiger partial charge in [-0.25, -0.2) is 8.78 Å². The summed E-state index contributed by atoms with van der Waals surface area (Å²) in [4.78, 5) is 0. The Morgan fingerprint density at radius 1 is 0.839 bits per heavy atom. The van der Waals surface area contributed by atoms with Crippen LogP contribution in [-0.4, -0.2) is 6.10 Å². The first-order valence-corrected chi connectivity index (χ1v) is 13.2. The first-order chi connectivity index (χ1) is 15.0. The highest BCUT2D eigenvalue weighted by atomic mass is 19.1. The number of hydrogen-bond acceptors (Lipinski definition) is 1. The van der Waals surface area contributed by atoms with Gasteiger partial charge < -0.3 is 4.74 Å². The van der Waals surface area contributed by atoms with Crippen LogP contribution in [0.25, 0.3) is 0 Å². The molecule has 0 N–H and O–H groups in total. The maximum absolute atomic E-state index is 14.7. The van der Waals surface area contributed by atoms with Crippen molar-refractivity contribution < 1.29 is 13.5 Å². The van der Waals surface area contributed by atoms with Crippen molar-refractivity contribution in [3.63, 3.8) is 0 Å². The molecule has 176 valence electrons. The number of halogens is 2. The van der Waals surface area contributed by atoms with Crippen molar-refractivity contribution in [2.45, 2.75) is 123 Å². The van der Waals surface area contributed by atoms with Crippen molar-refractivity contribution in [3.8, 4) is 5.75 Å². The Hall–Kier alpha value is -1.12. The van der Waals surface area contributed by atoms with Gasteiger partial charge in [-0.05, 0) is 93.2 Å². The second kappa shape index (κ2) is 12.2. The van der Waals surface area contributed by atoms with Gasteiger partial charge in [-0.15, -0.1) is 0 Å². The first-order valence-electron chi connectivity index (χ1n) is 13.2. The highest BCUT2D eigenvalue weighted by Crippen LogP contribution is 2.45. The third-order valence-corrected chi connectivity index (χ3v) is 8.07. The molecule has 2 aliphatic rings. The fourth-order valence-electron chi connectivity index (χ4n) is 6.04. The van der Waals surface area contributed by atoms with Crippen molar-refractivity contribution in [2.75, 3.05) is 0 Å². The van der Waals surface area contributed by atoms with Crippen LogP contribution in [0.1, 0.15) is 122 Å². The second-order valence-electron chi connectivity index (χ2n) is 10.4. The molecule has 0 heterocycles. The van der Waals surface area contributed by atoms with E-state index >= 15 is 0 Å². The minimum Gasteiger partial charge on any atom is -0.485 e. The van der Waals surface area contributed by atoms with Crippen LogP contribution in [-0.2, 0) is 0 Å². The van der Waals surface area contributed by atoms with Gasteiger partial charge >= 0.3 is 0 Å². The molecule has 0 aromatic heterocycles. The largest absolute Gasteiger partial charge is 0.485 e. The molecule has 3 rings (SSSR count). The van der Waals surface area contributed by atoms with Gasteiger partial charge in [-0.3, -0.25) is 0 Å². The lowest BCUT2D eigenvalue weighted by atomic mass is 9.68. The molecular weight excluding hydrogens is 390 g/mol. The van der Waals surface area contributed by atoms with Gasteiger partial charge in [0.2, 0.25) is 0 Å². The molecule has 1 unspecified atom stereocenters. The molecule has 0 amide bonds. The van der Waals surface area contributed by atoms with E-state index in [-0.39, 0.29) is 17.8 Å². The van der Waals surface area contributed by atoms with E-state index in [2.05, 4.69) is 13.8 Å². The van der Waals surface area contributed by atoms with E-state index in [1.165, 1.54) is 69.9 Å². The third-order valence-electron chi connectivity index (χ3n) is 8.07. The average Bonchev–Trinajstić information content (AvgIpc) is 2.79. The van der Waals surface area contributed by atoms with Crippen molar-refractivity contribution in [2.24, 2.45) is 17.8 Å². The van der Waals surface area contributed by atoms with Gasteiger partial charge in [0.1, 0.15) is 0 Å². The van der Waals surface area contributed by atoms with E-state index in [0.29, 0.717) is 0 Å². The Labute approximate surface area is 189 Å². The zero-order valence-electron chi connectivity index (χ0n) is 20.1. The van der Waals surface area contributed by atoms with Crippen LogP contribution < -0.4 is 4.74 Å². The number of unbranched alkanes of at least 4 members (excludes halogenated alkanes) is 2. The Kier molecular flexibility index (Phi) is 9.66. The summed E-state index contributed by atoms with van der Waals surface area (Å²) in [5.41, 5.74) is 0.824. The Balaban J connectivity index is 1.50. The lowest BCUT2D eigenvalue weighted by Gasteiger charge is -2.38. The molecule has 0 saturated heterocycles. The highest BCUT2D eigenvalue weighted by Gasteiger charge is 2.31. The topological polar surface area (TPSA) is 9.23 Å². The summed E-state index contributed by atoms with van der Waals surface area (Å²) >= 11 is 0. The molecule has 0 radical (unpaired) electrons. The summed E-state index contributed by atoms with van der Waals surface area (Å²) in [6.07, 6.45) is 17.0. The van der Waals surface area contributed by atoms with Gasteiger partial charge in [0.05, 0.1) is 6.10 Å². The molecule has 31 heavy (non-hydrogen) atoms. The molecular formula is C28H44F2O. The molecule has 2 fully saturated rings. The summed E-state index contributed by atoms with van der Waals surface area (Å²) in [6, 6.07) is 3.07. The van der Waals surface area contributed by atoms with E-state index < -0.39 is 11.6 Å². The lowest BCUT2D eigenvalue weighted by molar-refractivity contribution is 0.155. The van der Waals surface area contributed by atoms with Crippen molar-refractivity contribution in [3.05, 3.63) is 29.3 Å². The summed E-state index contributed by atoms with van der Waals surface area (Å²) < 4.78 is 35.0. The van der Waals surface area contributed by atoms with E-state index in [1.807, 2.05) is 6.92 Å². The molecule has 1 nitrogen and oxygen atoms in total. The van der Waals surface area contributed by atoms with E-state index in [0.717, 1.165) is 55.4 Å². The SMILES string of the molecule is CCCCC1CCC(C2CCC(c3cc(F)c(OC(C)CCCC)c(F)c3)CC2)CC1. The summed E-state index contributed by atoms with van der Waals surface area (Å²) in [6.45, 7) is 6.29. The second-order valence-corrected chi connectivity index (χ2v) is 10.4. The minimum atomic E-state index is -0.536. The summed E-state index contributed by atoms with van der Waals surface area (Å²) in [7, 11) is 0. The predicted octanol–water partition coefficient (Wildman–Crippen LogP) is 9.19. The van der Waals surface area contributed by atoms with Crippen molar-refractivity contribution in [1.82, 2.24) is 0 Å². The van der Waals surface area contributed by atoms with Crippen LogP contribution in [0.3, 0.4) is 0 Å². The fraction of sp³-hybridized carbons (Fsp3) is 0.786. The zero-order valence-corrected chi connectivity index (χ0v) is 20.1. The van der Waals surface area contributed by atoms with Crippen LogP contribution in [0.5, 0.6) is 5.75 Å². The quantitative estimate of drug-likeness (QED) is 0.356. The third kappa shape index (κ3) is 6.93. The number of rotatable bonds is 10. The summed E-state index contributed by atoms with van der Waals surface area (Å²) in [5, 5.41) is 0. The smallest absolute Gasteiger partial charge is 0.191 e. The number of benzene rings is 1. The van der Waals surface area contributed by atoms with Gasteiger partial charge in [-0.2, -0.15) is 0 Å². The monoisotopic (exact) mass is 434 g/mol. The van der Waals surface area contributed by atoms with E-state index in [4.69, 9.17) is 4.74 Å². The Morgan fingerprint density at radius 3 is 1.94 bits per heavy atom. The standard InChI is InChI=1S/C28H44F2O/c1-4-6-8-20(3)31-28-26(29)18-25(19-27(28)30)24-16-14-23(15-17-24)22-12-10-21(11-13-22)9-7-5-2/h18-24H,4-17H2,1-3H3. The lowest BCUT2D eigenvalue weighted by Crippen LogP contribution is -2.25. The first kappa shape index (κ1) is 24.5. The zero-order chi connectivity index (χ0) is 22.2. The van der Waals surface area contributed by atoms with E-state index in [1.54, 1.807) is 0 Å². The molecule has 0 spiro atoms. The van der Waals surface area contributed by atoms with Gasteiger partial charge in [-0.1, -0.05) is 58.8 Å². The fourth-order valence-corrected chi connectivity index (χ4v) is 6.04. The summed E-state index contributed by atoms with van der Waals surface area (Å²) in [5.74, 6) is 1.68. The molecule has 0 aliphatic heterocycles. The van der Waals surface area contributed by atoms with Gasteiger partial charge in [0.15, 0.2) is 17.4 Å². The number of ether oxygens (including phenoxy) is 1. The van der Waals surface area contributed by atoms with Crippen LogP contribution in [0.2, 0.25) is 0 Å². The van der Waals surface area contributed by atoms with E-state index in [9.17, 15) is 8.78 Å². The highest BCUT2D eigenvalue weighted by molar-refractivity contribution is 5.33. The van der Waals surface area contributed by atoms with Crippen molar-refractivity contribution in [1.29, 1.82) is 0 Å². The van der Waals surface area contributed by atoms with Crippen LogP contribution in [0.4, 0.5) is 8.78 Å². The number of hydrogen-bond donors (Lipinski definition) is 0. The molecule has 1 aromatic rings. The maximum atomic E-state index is 14.7. The Bertz CT molecular complexity index is 634. The van der Waals surface area contributed by atoms with Gasteiger partial charge in [0.25, 0.3) is 0 Å². The molecule has 3 heteroatoms. The molecule has 1 atom stereocenters. The van der Waals surface area contributed by atoms with Crippen LogP contribution in [0.15, 0.2) is 12.1 Å². The molecule has 0 bridgehead atoms. The minimum absolute atomic E-state index is 0.165. The predicted molar refractivity (Wildman–Crippen MR) is 126 cm³/mol.